The highest BCUT2D eigenvalue weighted by atomic mass is 79.9. The molecule has 0 atom stereocenters. The van der Waals surface area contributed by atoms with Crippen LogP contribution in [0.2, 0.25) is 0 Å². The minimum absolute atomic E-state index is 0.0423. The molecular formula is C12H12BrN3O2S. The molecule has 2 rings (SSSR count). The molecule has 0 saturated carbocycles. The topological polar surface area (TPSA) is 72.4 Å². The molecule has 0 unspecified atom stereocenters. The number of nitro benzene ring substituents is 1. The van der Waals surface area contributed by atoms with Crippen molar-refractivity contribution in [2.45, 2.75) is 6.54 Å². The van der Waals surface area contributed by atoms with Gasteiger partial charge in [-0.05, 0) is 45.1 Å². The van der Waals surface area contributed by atoms with Crippen LogP contribution in [0.25, 0.3) is 0 Å². The molecule has 0 amide bonds. The van der Waals surface area contributed by atoms with E-state index in [9.17, 15) is 10.1 Å². The van der Waals surface area contributed by atoms with E-state index in [2.05, 4.69) is 15.9 Å². The van der Waals surface area contributed by atoms with Gasteiger partial charge in [0.2, 0.25) is 0 Å². The number of hydrogen-bond donors (Lipinski definition) is 1. The van der Waals surface area contributed by atoms with Crippen LogP contribution >= 0.6 is 27.3 Å². The summed E-state index contributed by atoms with van der Waals surface area (Å²) in [6.45, 7) is 0.590. The van der Waals surface area contributed by atoms with Crippen molar-refractivity contribution >= 4 is 44.3 Å². The lowest BCUT2D eigenvalue weighted by Crippen LogP contribution is -2.17. The fraction of sp³-hybridized carbons (Fsp3) is 0.167. The first-order chi connectivity index (χ1) is 8.99. The second-order valence-corrected chi connectivity index (χ2v) is 6.38. The zero-order chi connectivity index (χ0) is 14.0. The van der Waals surface area contributed by atoms with Gasteiger partial charge in [0.1, 0.15) is 11.4 Å². The second-order valence-electron chi connectivity index (χ2n) is 4.09. The van der Waals surface area contributed by atoms with Crippen LogP contribution in [0.1, 0.15) is 5.56 Å². The first kappa shape index (κ1) is 13.8. The van der Waals surface area contributed by atoms with Crippen LogP contribution < -0.4 is 10.6 Å². The van der Waals surface area contributed by atoms with Crippen molar-refractivity contribution in [1.82, 2.24) is 0 Å². The number of nitrogen functional groups attached to an aromatic ring is 1. The Morgan fingerprint density at radius 3 is 2.84 bits per heavy atom. The minimum atomic E-state index is -0.440. The Balaban J connectivity index is 2.31. The van der Waals surface area contributed by atoms with E-state index in [1.165, 1.54) is 6.07 Å². The molecule has 0 fully saturated rings. The normalized spacial score (nSPS) is 10.4. The Kier molecular flexibility index (Phi) is 4.06. The highest BCUT2D eigenvalue weighted by molar-refractivity contribution is 9.11. The van der Waals surface area contributed by atoms with E-state index < -0.39 is 4.92 Å². The maximum Gasteiger partial charge on any atom is 0.315 e. The molecule has 1 heterocycles. The van der Waals surface area contributed by atoms with E-state index in [-0.39, 0.29) is 11.4 Å². The zero-order valence-electron chi connectivity index (χ0n) is 10.2. The summed E-state index contributed by atoms with van der Waals surface area (Å²) < 4.78 is 1.04. The van der Waals surface area contributed by atoms with Gasteiger partial charge in [-0.2, -0.15) is 0 Å². The van der Waals surface area contributed by atoms with Crippen molar-refractivity contribution in [1.29, 1.82) is 0 Å². The molecule has 0 aliphatic rings. The summed E-state index contributed by atoms with van der Waals surface area (Å²) in [6.07, 6.45) is 0. The number of nitrogens with two attached hydrogens (primary N) is 1. The quantitative estimate of drug-likeness (QED) is 0.523. The van der Waals surface area contributed by atoms with Crippen LogP contribution in [0.15, 0.2) is 33.4 Å². The van der Waals surface area contributed by atoms with Crippen molar-refractivity contribution in [3.63, 3.8) is 0 Å². The minimum Gasteiger partial charge on any atom is -0.393 e. The van der Waals surface area contributed by atoms with Gasteiger partial charge in [0.25, 0.3) is 0 Å². The summed E-state index contributed by atoms with van der Waals surface area (Å²) in [5, 5.41) is 13.1. The molecule has 5 nitrogen and oxygen atoms in total. The number of thiophene rings is 1. The molecule has 19 heavy (non-hydrogen) atoms. The highest BCUT2D eigenvalue weighted by Gasteiger charge is 2.20. The van der Waals surface area contributed by atoms with Crippen LogP contribution in [-0.2, 0) is 6.54 Å². The largest absolute Gasteiger partial charge is 0.393 e. The summed E-state index contributed by atoms with van der Waals surface area (Å²) in [6, 6.07) is 6.96. The number of nitro groups is 1. The summed E-state index contributed by atoms with van der Waals surface area (Å²) >= 11 is 4.99. The van der Waals surface area contributed by atoms with Crippen LogP contribution in [0.3, 0.4) is 0 Å². The molecular weight excluding hydrogens is 330 g/mol. The third-order valence-corrected chi connectivity index (χ3v) is 4.23. The third-order valence-electron chi connectivity index (χ3n) is 2.68. The number of anilines is 2. The lowest BCUT2D eigenvalue weighted by atomic mass is 10.2. The maximum absolute atomic E-state index is 11.1. The van der Waals surface area contributed by atoms with Gasteiger partial charge in [0, 0.05) is 13.6 Å². The Bertz CT molecular complexity index is 615. The maximum atomic E-state index is 11.1. The molecule has 1 aromatic carbocycles. The molecule has 0 radical (unpaired) electrons. The van der Waals surface area contributed by atoms with Gasteiger partial charge in [0.05, 0.1) is 8.71 Å². The van der Waals surface area contributed by atoms with Gasteiger partial charge in [-0.25, -0.2) is 0 Å². The van der Waals surface area contributed by atoms with Gasteiger partial charge in [-0.15, -0.1) is 11.3 Å². The zero-order valence-corrected chi connectivity index (χ0v) is 12.6. The Morgan fingerprint density at radius 1 is 1.53 bits per heavy atom. The van der Waals surface area contributed by atoms with Crippen molar-refractivity contribution in [2.24, 2.45) is 0 Å². The van der Waals surface area contributed by atoms with Gasteiger partial charge < -0.3 is 10.6 Å². The van der Waals surface area contributed by atoms with Crippen LogP contribution in [0.4, 0.5) is 17.1 Å². The van der Waals surface area contributed by atoms with Crippen molar-refractivity contribution in [3.05, 3.63) is 49.1 Å². The molecule has 2 aromatic rings. The number of rotatable bonds is 4. The lowest BCUT2D eigenvalue weighted by Gasteiger charge is -2.19. The summed E-state index contributed by atoms with van der Waals surface area (Å²) in [5.74, 6) is 0. The number of halogens is 1. The molecule has 0 saturated heterocycles. The predicted octanol–water partition coefficient (Wildman–Crippen LogP) is 3.64. The lowest BCUT2D eigenvalue weighted by molar-refractivity contribution is -0.383. The predicted molar refractivity (Wildman–Crippen MR) is 81.6 cm³/mol. The first-order valence-electron chi connectivity index (χ1n) is 5.46. The molecule has 0 aliphatic carbocycles. The number of benzene rings is 1. The van der Waals surface area contributed by atoms with E-state index in [1.54, 1.807) is 23.5 Å². The second kappa shape index (κ2) is 5.58. The smallest absolute Gasteiger partial charge is 0.315 e. The number of hydrogen-bond acceptors (Lipinski definition) is 5. The third kappa shape index (κ3) is 3.05. The molecule has 2 N–H and O–H groups in total. The Hall–Kier alpha value is -1.60. The molecule has 0 aliphatic heterocycles. The van der Waals surface area contributed by atoms with Crippen LogP contribution in [0.5, 0.6) is 0 Å². The SMILES string of the molecule is CN(Cc1csc(Br)c1)c1cccc(N)c1[N+](=O)[O-]. The molecule has 0 spiro atoms. The monoisotopic (exact) mass is 341 g/mol. The molecule has 100 valence electrons. The van der Waals surface area contributed by atoms with Gasteiger partial charge in [-0.3, -0.25) is 10.1 Å². The van der Waals surface area contributed by atoms with Gasteiger partial charge in [-0.1, -0.05) is 6.07 Å². The average molecular weight is 342 g/mol. The van der Waals surface area contributed by atoms with Crippen LogP contribution in [-0.4, -0.2) is 12.0 Å². The molecule has 7 heteroatoms. The van der Waals surface area contributed by atoms with Crippen molar-refractivity contribution in [2.75, 3.05) is 17.7 Å². The summed E-state index contributed by atoms with van der Waals surface area (Å²) in [7, 11) is 1.81. The van der Waals surface area contributed by atoms with Gasteiger partial charge in [0.15, 0.2) is 0 Å². The summed E-state index contributed by atoms with van der Waals surface area (Å²) in [4.78, 5) is 12.5. The van der Waals surface area contributed by atoms with E-state index in [0.29, 0.717) is 12.2 Å². The van der Waals surface area contributed by atoms with Crippen LogP contribution in [0, 0.1) is 10.1 Å². The highest BCUT2D eigenvalue weighted by Crippen LogP contribution is 2.34. The number of nitrogens with zero attached hydrogens (tertiary/aromatic N) is 2. The standard InChI is InChI=1S/C12H12BrN3O2S/c1-15(6-8-5-11(13)19-7-8)10-4-2-3-9(14)12(10)16(17)18/h2-5,7H,6,14H2,1H3. The molecule has 0 bridgehead atoms. The first-order valence-corrected chi connectivity index (χ1v) is 7.13. The fourth-order valence-electron chi connectivity index (χ4n) is 1.84. The van der Waals surface area contributed by atoms with Crippen molar-refractivity contribution in [3.8, 4) is 0 Å². The number of para-hydroxylation sites is 1. The Labute approximate surface area is 122 Å². The Morgan fingerprint density at radius 2 is 2.26 bits per heavy atom. The van der Waals surface area contributed by atoms with E-state index >= 15 is 0 Å². The summed E-state index contributed by atoms with van der Waals surface area (Å²) in [5.41, 5.74) is 7.44. The molecule has 1 aromatic heterocycles. The van der Waals surface area contributed by atoms with Crippen molar-refractivity contribution < 1.29 is 4.92 Å². The van der Waals surface area contributed by atoms with E-state index in [0.717, 1.165) is 9.35 Å². The van der Waals surface area contributed by atoms with E-state index in [1.807, 2.05) is 23.4 Å². The average Bonchev–Trinajstić information content (AvgIpc) is 2.73. The van der Waals surface area contributed by atoms with E-state index in [4.69, 9.17) is 5.73 Å². The van der Waals surface area contributed by atoms with Gasteiger partial charge >= 0.3 is 5.69 Å². The fourth-order valence-corrected chi connectivity index (χ4v) is 3.04.